The van der Waals surface area contributed by atoms with E-state index in [4.69, 9.17) is 15.3 Å². The summed E-state index contributed by atoms with van der Waals surface area (Å²) in [5.41, 5.74) is 1.18. The van der Waals surface area contributed by atoms with Gasteiger partial charge in [-0.2, -0.15) is 0 Å². The third-order valence-corrected chi connectivity index (χ3v) is 2.41. The molecule has 3 N–H and O–H groups in total. The number of hydrogen-bond donors (Lipinski definition) is 3. The van der Waals surface area contributed by atoms with Crippen molar-refractivity contribution in [3.8, 4) is 0 Å². The molecule has 1 aliphatic carbocycles. The minimum atomic E-state index is -0.863. The van der Waals surface area contributed by atoms with Crippen LogP contribution in [0.1, 0.15) is 22.3 Å². The molecule has 0 bridgehead atoms. The zero-order chi connectivity index (χ0) is 12.8. The summed E-state index contributed by atoms with van der Waals surface area (Å²) >= 11 is 0. The molecule has 1 aromatic rings. The van der Waals surface area contributed by atoms with Crippen LogP contribution in [0.3, 0.4) is 0 Å². The van der Waals surface area contributed by atoms with Gasteiger partial charge in [0.25, 0.3) is 0 Å². The Bertz CT molecular complexity index is 402. The SMILES string of the molecule is Cc1ccccc1C(=O)O.OC1C=CC(O)C1. The molecule has 0 heterocycles. The van der Waals surface area contributed by atoms with E-state index in [0.29, 0.717) is 12.0 Å². The topological polar surface area (TPSA) is 77.8 Å². The molecule has 1 aromatic carbocycles. The molecule has 4 nitrogen and oxygen atoms in total. The molecule has 0 saturated carbocycles. The second kappa shape index (κ2) is 6.18. The predicted molar refractivity (Wildman–Crippen MR) is 63.9 cm³/mol. The highest BCUT2D eigenvalue weighted by Crippen LogP contribution is 2.08. The molecule has 92 valence electrons. The summed E-state index contributed by atoms with van der Waals surface area (Å²) in [6, 6.07) is 6.92. The van der Waals surface area contributed by atoms with Crippen LogP contribution in [-0.2, 0) is 0 Å². The van der Waals surface area contributed by atoms with Crippen LogP contribution in [0.2, 0.25) is 0 Å². The molecular formula is C13H16O4. The lowest BCUT2D eigenvalue weighted by Gasteiger charge is -1.96. The van der Waals surface area contributed by atoms with E-state index >= 15 is 0 Å². The first-order chi connectivity index (χ1) is 8.00. The highest BCUT2D eigenvalue weighted by molar-refractivity contribution is 5.89. The second-order valence-corrected chi connectivity index (χ2v) is 3.88. The Hall–Kier alpha value is -1.65. The number of aliphatic hydroxyl groups is 2. The van der Waals surface area contributed by atoms with E-state index in [1.807, 2.05) is 6.07 Å². The van der Waals surface area contributed by atoms with Gasteiger partial charge in [-0.25, -0.2) is 4.79 Å². The van der Waals surface area contributed by atoms with E-state index in [1.165, 1.54) is 0 Å². The summed E-state index contributed by atoms with van der Waals surface area (Å²) in [5.74, 6) is -0.863. The van der Waals surface area contributed by atoms with E-state index in [9.17, 15) is 4.79 Å². The summed E-state index contributed by atoms with van der Waals surface area (Å²) < 4.78 is 0. The van der Waals surface area contributed by atoms with Gasteiger partial charge in [0, 0.05) is 6.42 Å². The van der Waals surface area contributed by atoms with Gasteiger partial charge in [-0.05, 0) is 18.6 Å². The Kier molecular flexibility index (Phi) is 4.87. The van der Waals surface area contributed by atoms with Gasteiger partial charge in [0.2, 0.25) is 0 Å². The van der Waals surface area contributed by atoms with E-state index < -0.39 is 18.2 Å². The van der Waals surface area contributed by atoms with Crippen molar-refractivity contribution < 1.29 is 20.1 Å². The molecule has 0 spiro atoms. The predicted octanol–water partition coefficient (Wildman–Crippen LogP) is 1.36. The molecule has 0 radical (unpaired) electrons. The van der Waals surface area contributed by atoms with Crippen molar-refractivity contribution in [2.75, 3.05) is 0 Å². The number of aromatic carboxylic acids is 1. The van der Waals surface area contributed by atoms with E-state index in [1.54, 1.807) is 37.3 Å². The van der Waals surface area contributed by atoms with Crippen LogP contribution in [-0.4, -0.2) is 33.5 Å². The number of aliphatic hydroxyl groups excluding tert-OH is 2. The zero-order valence-electron chi connectivity index (χ0n) is 9.58. The molecule has 0 saturated heterocycles. The van der Waals surface area contributed by atoms with Crippen molar-refractivity contribution in [3.05, 3.63) is 47.5 Å². The van der Waals surface area contributed by atoms with E-state index in [2.05, 4.69) is 0 Å². The van der Waals surface area contributed by atoms with Gasteiger partial charge in [-0.3, -0.25) is 0 Å². The van der Waals surface area contributed by atoms with Crippen LogP contribution in [0.5, 0.6) is 0 Å². The first kappa shape index (κ1) is 13.4. The Morgan fingerprint density at radius 2 is 1.71 bits per heavy atom. The number of hydrogen-bond acceptors (Lipinski definition) is 3. The molecule has 1 aliphatic rings. The molecule has 2 atom stereocenters. The maximum absolute atomic E-state index is 10.4. The minimum absolute atomic E-state index is 0.377. The van der Waals surface area contributed by atoms with Crippen LogP contribution in [0, 0.1) is 6.92 Å². The fourth-order valence-corrected chi connectivity index (χ4v) is 1.47. The van der Waals surface area contributed by atoms with Gasteiger partial charge >= 0.3 is 5.97 Å². The van der Waals surface area contributed by atoms with Crippen molar-refractivity contribution in [1.82, 2.24) is 0 Å². The fourth-order valence-electron chi connectivity index (χ4n) is 1.47. The van der Waals surface area contributed by atoms with Crippen LogP contribution >= 0.6 is 0 Å². The first-order valence-electron chi connectivity index (χ1n) is 5.34. The minimum Gasteiger partial charge on any atom is -0.478 e. The van der Waals surface area contributed by atoms with Gasteiger partial charge in [-0.15, -0.1) is 0 Å². The number of carboxylic acids is 1. The summed E-state index contributed by atoms with van der Waals surface area (Å²) in [6.45, 7) is 1.78. The van der Waals surface area contributed by atoms with Crippen molar-refractivity contribution in [2.24, 2.45) is 0 Å². The fraction of sp³-hybridized carbons (Fsp3) is 0.308. The molecule has 0 aromatic heterocycles. The Balaban J connectivity index is 0.000000181. The van der Waals surface area contributed by atoms with Gasteiger partial charge in [-0.1, -0.05) is 30.4 Å². The van der Waals surface area contributed by atoms with Crippen molar-refractivity contribution in [1.29, 1.82) is 0 Å². The van der Waals surface area contributed by atoms with Crippen LogP contribution in [0.25, 0.3) is 0 Å². The molecule has 2 unspecified atom stereocenters. The first-order valence-corrected chi connectivity index (χ1v) is 5.34. The van der Waals surface area contributed by atoms with Gasteiger partial charge < -0.3 is 15.3 Å². The lowest BCUT2D eigenvalue weighted by Crippen LogP contribution is -2.04. The van der Waals surface area contributed by atoms with Crippen LogP contribution < -0.4 is 0 Å². The summed E-state index contributed by atoms with van der Waals surface area (Å²) in [6.07, 6.45) is 2.86. The average Bonchev–Trinajstić information content (AvgIpc) is 2.63. The van der Waals surface area contributed by atoms with E-state index in [0.717, 1.165) is 5.56 Å². The molecule has 0 amide bonds. The standard InChI is InChI=1S/C8H8O2.C5H8O2/c1-6-4-2-3-5-7(6)8(9)10;6-4-1-2-5(7)3-4/h2-5H,1H3,(H,9,10);1-2,4-7H,3H2. The molecule has 17 heavy (non-hydrogen) atoms. The molecule has 2 rings (SSSR count). The van der Waals surface area contributed by atoms with Crippen LogP contribution in [0.15, 0.2) is 36.4 Å². The smallest absolute Gasteiger partial charge is 0.335 e. The van der Waals surface area contributed by atoms with Crippen molar-refractivity contribution in [2.45, 2.75) is 25.6 Å². The van der Waals surface area contributed by atoms with Gasteiger partial charge in [0.1, 0.15) is 0 Å². The number of aryl methyl sites for hydroxylation is 1. The van der Waals surface area contributed by atoms with E-state index in [-0.39, 0.29) is 0 Å². The van der Waals surface area contributed by atoms with Crippen LogP contribution in [0.4, 0.5) is 0 Å². The number of rotatable bonds is 1. The molecule has 0 aliphatic heterocycles. The normalized spacial score (nSPS) is 21.8. The van der Waals surface area contributed by atoms with Crippen molar-refractivity contribution >= 4 is 5.97 Å². The third-order valence-electron chi connectivity index (χ3n) is 2.41. The Morgan fingerprint density at radius 3 is 2.00 bits per heavy atom. The third kappa shape index (κ3) is 4.38. The largest absolute Gasteiger partial charge is 0.478 e. The zero-order valence-corrected chi connectivity index (χ0v) is 9.58. The maximum atomic E-state index is 10.4. The quantitative estimate of drug-likeness (QED) is 0.643. The molecular weight excluding hydrogens is 220 g/mol. The second-order valence-electron chi connectivity index (χ2n) is 3.88. The average molecular weight is 236 g/mol. The van der Waals surface area contributed by atoms with Crippen molar-refractivity contribution in [3.63, 3.8) is 0 Å². The molecule has 4 heteroatoms. The lowest BCUT2D eigenvalue weighted by molar-refractivity contribution is 0.0696. The Morgan fingerprint density at radius 1 is 1.18 bits per heavy atom. The summed E-state index contributed by atoms with van der Waals surface area (Å²) in [5, 5.41) is 25.9. The number of carbonyl (C=O) groups is 1. The Labute approximate surface area is 99.8 Å². The van der Waals surface area contributed by atoms with Gasteiger partial charge in [0.15, 0.2) is 0 Å². The summed E-state index contributed by atoms with van der Waals surface area (Å²) in [7, 11) is 0. The molecule has 0 fully saturated rings. The van der Waals surface area contributed by atoms with Gasteiger partial charge in [0.05, 0.1) is 17.8 Å². The highest BCUT2D eigenvalue weighted by Gasteiger charge is 2.11. The highest BCUT2D eigenvalue weighted by atomic mass is 16.4. The maximum Gasteiger partial charge on any atom is 0.335 e. The number of carboxylic acid groups (broad SMARTS) is 1. The number of benzene rings is 1. The monoisotopic (exact) mass is 236 g/mol. The summed E-state index contributed by atoms with van der Waals surface area (Å²) in [4.78, 5) is 10.4. The lowest BCUT2D eigenvalue weighted by atomic mass is 10.1.